The van der Waals surface area contributed by atoms with Crippen molar-refractivity contribution in [3.05, 3.63) is 29.8 Å². The number of ether oxygens (including phenoxy) is 1. The van der Waals surface area contributed by atoms with E-state index in [4.69, 9.17) is 4.74 Å². The first-order valence-electron chi connectivity index (χ1n) is 7.55. The molecule has 0 aromatic heterocycles. The maximum atomic E-state index is 12.4. The molecule has 21 heavy (non-hydrogen) atoms. The van der Waals surface area contributed by atoms with Gasteiger partial charge in [0.05, 0.1) is 11.0 Å². The monoisotopic (exact) mass is 313 g/mol. The van der Waals surface area contributed by atoms with Crippen LogP contribution in [0.5, 0.6) is 0 Å². The maximum absolute atomic E-state index is 12.4. The lowest BCUT2D eigenvalue weighted by molar-refractivity contribution is 0.0572. The summed E-state index contributed by atoms with van der Waals surface area (Å²) >= 11 is 0. The van der Waals surface area contributed by atoms with E-state index < -0.39 is 10.0 Å². The van der Waals surface area contributed by atoms with E-state index >= 15 is 0 Å². The Balaban J connectivity index is 0.000000677. The van der Waals surface area contributed by atoms with Gasteiger partial charge in [-0.25, -0.2) is 8.42 Å². The lowest BCUT2D eigenvalue weighted by atomic mass is 10.1. The molecule has 1 fully saturated rings. The van der Waals surface area contributed by atoms with Crippen LogP contribution < -0.4 is 0 Å². The van der Waals surface area contributed by atoms with Crippen molar-refractivity contribution in [3.8, 4) is 0 Å². The van der Waals surface area contributed by atoms with Crippen LogP contribution in [0.15, 0.2) is 29.2 Å². The SMILES string of the molecule is CCC.COC1CCCN(S(=O)(=O)c2ccc(C)cc2)C1. The second-order valence-electron chi connectivity index (χ2n) is 5.38. The lowest BCUT2D eigenvalue weighted by Crippen LogP contribution is -2.42. The van der Waals surface area contributed by atoms with Crippen molar-refractivity contribution in [1.82, 2.24) is 4.31 Å². The van der Waals surface area contributed by atoms with Crippen LogP contribution in [-0.4, -0.2) is 39.0 Å². The number of rotatable bonds is 3. The van der Waals surface area contributed by atoms with Gasteiger partial charge in [0.15, 0.2) is 0 Å². The number of methoxy groups -OCH3 is 1. The molecule has 1 aliphatic heterocycles. The largest absolute Gasteiger partial charge is 0.380 e. The summed E-state index contributed by atoms with van der Waals surface area (Å²) < 4.78 is 31.6. The van der Waals surface area contributed by atoms with Gasteiger partial charge in [-0.1, -0.05) is 38.0 Å². The number of sulfonamides is 1. The van der Waals surface area contributed by atoms with E-state index in [0.717, 1.165) is 18.4 Å². The van der Waals surface area contributed by atoms with Crippen LogP contribution in [-0.2, 0) is 14.8 Å². The van der Waals surface area contributed by atoms with E-state index in [9.17, 15) is 8.42 Å². The minimum Gasteiger partial charge on any atom is -0.380 e. The molecule has 0 saturated carbocycles. The quantitative estimate of drug-likeness (QED) is 0.861. The van der Waals surface area contributed by atoms with Gasteiger partial charge in [0.2, 0.25) is 10.0 Å². The third-order valence-electron chi connectivity index (χ3n) is 3.33. The van der Waals surface area contributed by atoms with E-state index in [1.165, 1.54) is 10.7 Å². The predicted molar refractivity (Wildman–Crippen MR) is 85.9 cm³/mol. The molecule has 1 aliphatic rings. The summed E-state index contributed by atoms with van der Waals surface area (Å²) in [6.07, 6.45) is 3.04. The van der Waals surface area contributed by atoms with Crippen molar-refractivity contribution in [3.63, 3.8) is 0 Å². The Morgan fingerprint density at radius 3 is 2.33 bits per heavy atom. The molecule has 0 spiro atoms. The number of benzene rings is 1. The van der Waals surface area contributed by atoms with E-state index in [-0.39, 0.29) is 6.10 Å². The summed E-state index contributed by atoms with van der Waals surface area (Å²) in [4.78, 5) is 0.366. The van der Waals surface area contributed by atoms with Gasteiger partial charge < -0.3 is 4.74 Å². The molecule has 0 bridgehead atoms. The minimum absolute atomic E-state index is 0.0129. The molecule has 1 heterocycles. The first-order valence-corrected chi connectivity index (χ1v) is 8.99. The van der Waals surface area contributed by atoms with Crippen LogP contribution in [0.3, 0.4) is 0 Å². The second-order valence-corrected chi connectivity index (χ2v) is 7.32. The molecule has 2 rings (SSSR count). The Bertz CT molecular complexity index is 511. The first-order chi connectivity index (χ1) is 9.95. The van der Waals surface area contributed by atoms with Crippen LogP contribution in [0, 0.1) is 6.92 Å². The maximum Gasteiger partial charge on any atom is 0.243 e. The fourth-order valence-corrected chi connectivity index (χ4v) is 3.69. The molecule has 1 saturated heterocycles. The van der Waals surface area contributed by atoms with Crippen molar-refractivity contribution in [2.24, 2.45) is 0 Å². The van der Waals surface area contributed by atoms with E-state index in [1.807, 2.05) is 19.1 Å². The smallest absolute Gasteiger partial charge is 0.243 e. The molecule has 1 aromatic carbocycles. The Labute approximate surface area is 129 Å². The van der Waals surface area contributed by atoms with Gasteiger partial charge in [-0.15, -0.1) is 0 Å². The molecule has 1 unspecified atom stereocenters. The van der Waals surface area contributed by atoms with Gasteiger partial charge in [-0.2, -0.15) is 4.31 Å². The number of nitrogens with zero attached hydrogens (tertiary/aromatic N) is 1. The van der Waals surface area contributed by atoms with Crippen molar-refractivity contribution >= 4 is 10.0 Å². The zero-order valence-corrected chi connectivity index (χ0v) is 14.3. The molecule has 120 valence electrons. The van der Waals surface area contributed by atoms with Crippen LogP contribution >= 0.6 is 0 Å². The van der Waals surface area contributed by atoms with E-state index in [1.54, 1.807) is 19.2 Å². The van der Waals surface area contributed by atoms with Crippen LogP contribution in [0.25, 0.3) is 0 Å². The number of hydrogen-bond acceptors (Lipinski definition) is 3. The van der Waals surface area contributed by atoms with Gasteiger partial charge in [-0.05, 0) is 31.9 Å². The van der Waals surface area contributed by atoms with Gasteiger partial charge in [0.25, 0.3) is 0 Å². The third kappa shape index (κ3) is 5.09. The summed E-state index contributed by atoms with van der Waals surface area (Å²) in [7, 11) is -1.74. The summed E-state index contributed by atoms with van der Waals surface area (Å²) in [5, 5.41) is 0. The summed E-state index contributed by atoms with van der Waals surface area (Å²) in [5.41, 5.74) is 1.06. The van der Waals surface area contributed by atoms with Crippen LogP contribution in [0.2, 0.25) is 0 Å². The van der Waals surface area contributed by atoms with Gasteiger partial charge in [0.1, 0.15) is 0 Å². The molecular formula is C16H27NO3S. The Hall–Kier alpha value is -0.910. The van der Waals surface area contributed by atoms with Crippen molar-refractivity contribution in [2.75, 3.05) is 20.2 Å². The summed E-state index contributed by atoms with van der Waals surface area (Å²) in [5.74, 6) is 0. The van der Waals surface area contributed by atoms with Gasteiger partial charge in [0, 0.05) is 20.2 Å². The first kappa shape index (κ1) is 18.1. The van der Waals surface area contributed by atoms with Crippen LogP contribution in [0.4, 0.5) is 0 Å². The Morgan fingerprint density at radius 1 is 1.24 bits per heavy atom. The molecule has 5 heteroatoms. The number of piperidine rings is 1. The van der Waals surface area contributed by atoms with E-state index in [2.05, 4.69) is 13.8 Å². The Kier molecular flexibility index (Phi) is 7.35. The highest BCUT2D eigenvalue weighted by molar-refractivity contribution is 7.89. The number of aryl methyl sites for hydroxylation is 1. The van der Waals surface area contributed by atoms with E-state index in [0.29, 0.717) is 18.0 Å². The molecule has 0 radical (unpaired) electrons. The minimum atomic E-state index is -3.37. The molecule has 0 N–H and O–H groups in total. The highest BCUT2D eigenvalue weighted by Gasteiger charge is 2.29. The average molecular weight is 313 g/mol. The zero-order chi connectivity index (χ0) is 15.9. The normalized spacial score (nSPS) is 19.7. The van der Waals surface area contributed by atoms with Crippen molar-refractivity contribution in [2.45, 2.75) is 51.0 Å². The van der Waals surface area contributed by atoms with Crippen LogP contribution in [0.1, 0.15) is 38.7 Å². The van der Waals surface area contributed by atoms with Crippen molar-refractivity contribution in [1.29, 1.82) is 0 Å². The topological polar surface area (TPSA) is 46.6 Å². The zero-order valence-electron chi connectivity index (χ0n) is 13.5. The predicted octanol–water partition coefficient (Wildman–Crippen LogP) is 3.21. The van der Waals surface area contributed by atoms with Crippen molar-refractivity contribution < 1.29 is 13.2 Å². The highest BCUT2D eigenvalue weighted by atomic mass is 32.2. The van der Waals surface area contributed by atoms with Gasteiger partial charge >= 0.3 is 0 Å². The lowest BCUT2D eigenvalue weighted by Gasteiger charge is -2.31. The molecule has 0 aliphatic carbocycles. The molecule has 1 atom stereocenters. The number of hydrogen-bond donors (Lipinski definition) is 0. The standard InChI is InChI=1S/C13H19NO3S.C3H8/c1-11-5-7-13(8-6-11)18(15,16)14-9-3-4-12(10-14)17-2;1-3-2/h5-8,12H,3-4,9-10H2,1-2H3;3H2,1-2H3. The fourth-order valence-electron chi connectivity index (χ4n) is 2.18. The van der Waals surface area contributed by atoms with Gasteiger partial charge in [-0.3, -0.25) is 0 Å². The molecule has 1 aromatic rings. The highest BCUT2D eigenvalue weighted by Crippen LogP contribution is 2.21. The third-order valence-corrected chi connectivity index (χ3v) is 5.21. The molecule has 4 nitrogen and oxygen atoms in total. The summed E-state index contributed by atoms with van der Waals surface area (Å²) in [6, 6.07) is 6.98. The summed E-state index contributed by atoms with van der Waals surface area (Å²) in [6.45, 7) is 7.22. The molecule has 0 amide bonds. The molecular weight excluding hydrogens is 286 g/mol. The average Bonchev–Trinajstić information content (AvgIpc) is 2.48. The fraction of sp³-hybridized carbons (Fsp3) is 0.625. The Morgan fingerprint density at radius 2 is 1.81 bits per heavy atom. The second kappa shape index (κ2) is 8.51.